The average Bonchev–Trinajstić information content (AvgIpc) is 2.74. The van der Waals surface area contributed by atoms with E-state index in [0.29, 0.717) is 0 Å². The van der Waals surface area contributed by atoms with Crippen molar-refractivity contribution in [2.75, 3.05) is 6.54 Å². The summed E-state index contributed by atoms with van der Waals surface area (Å²) >= 11 is 1.79. The van der Waals surface area contributed by atoms with E-state index < -0.39 is 11.5 Å². The van der Waals surface area contributed by atoms with Crippen molar-refractivity contribution in [2.45, 2.75) is 45.7 Å². The Morgan fingerprint density at radius 1 is 1.59 bits per heavy atom. The van der Waals surface area contributed by atoms with Gasteiger partial charge in [-0.15, -0.1) is 11.3 Å². The van der Waals surface area contributed by atoms with E-state index in [9.17, 15) is 9.90 Å². The molecule has 3 nitrogen and oxygen atoms in total. The first-order chi connectivity index (χ1) is 7.93. The highest BCUT2D eigenvalue weighted by atomic mass is 32.1. The minimum absolute atomic E-state index is 0.678. The van der Waals surface area contributed by atoms with E-state index in [4.69, 9.17) is 0 Å². The number of aliphatic carboxylic acids is 1. The molecule has 1 atom stereocenters. The summed E-state index contributed by atoms with van der Waals surface area (Å²) in [6.07, 6.45) is 1.73. The number of rotatable bonds is 3. The molecule has 1 aromatic heterocycles. The zero-order chi connectivity index (χ0) is 12.6. The fraction of sp³-hybridized carbons (Fsp3) is 0.615. The molecule has 0 amide bonds. The molecule has 0 aliphatic carbocycles. The van der Waals surface area contributed by atoms with Gasteiger partial charge in [-0.25, -0.2) is 0 Å². The standard InChI is InChI=1S/C13H19NO2S/c1-9-7-11(10(2)17-9)8-14-6-4-5-13(14,3)12(15)16/h7H,4-6,8H2,1-3H3,(H,15,16). The molecule has 0 saturated carbocycles. The van der Waals surface area contributed by atoms with Crippen LogP contribution < -0.4 is 0 Å². The van der Waals surface area contributed by atoms with Crippen molar-refractivity contribution >= 4 is 17.3 Å². The molecule has 0 radical (unpaired) electrons. The third kappa shape index (κ3) is 2.24. The maximum Gasteiger partial charge on any atom is 0.323 e. The van der Waals surface area contributed by atoms with Gasteiger partial charge >= 0.3 is 5.97 Å². The monoisotopic (exact) mass is 253 g/mol. The summed E-state index contributed by atoms with van der Waals surface area (Å²) in [5.41, 5.74) is 0.601. The van der Waals surface area contributed by atoms with Gasteiger partial charge in [-0.1, -0.05) is 0 Å². The molecule has 2 heterocycles. The lowest BCUT2D eigenvalue weighted by atomic mass is 9.99. The zero-order valence-corrected chi connectivity index (χ0v) is 11.4. The Morgan fingerprint density at radius 2 is 2.29 bits per heavy atom. The van der Waals surface area contributed by atoms with Crippen molar-refractivity contribution in [2.24, 2.45) is 0 Å². The summed E-state index contributed by atoms with van der Waals surface area (Å²) in [5, 5.41) is 9.36. The van der Waals surface area contributed by atoms with Crippen molar-refractivity contribution in [1.29, 1.82) is 0 Å². The Balaban J connectivity index is 2.19. The minimum Gasteiger partial charge on any atom is -0.480 e. The first kappa shape index (κ1) is 12.6. The van der Waals surface area contributed by atoms with Crippen LogP contribution in [0.2, 0.25) is 0 Å². The van der Waals surface area contributed by atoms with E-state index in [1.807, 2.05) is 6.92 Å². The van der Waals surface area contributed by atoms with E-state index in [0.717, 1.165) is 25.9 Å². The van der Waals surface area contributed by atoms with Crippen LogP contribution in [0.1, 0.15) is 35.1 Å². The summed E-state index contributed by atoms with van der Waals surface area (Å²) in [4.78, 5) is 16.1. The average molecular weight is 253 g/mol. The molecule has 1 aliphatic rings. The molecule has 17 heavy (non-hydrogen) atoms. The Bertz CT molecular complexity index is 441. The summed E-state index contributed by atoms with van der Waals surface area (Å²) in [7, 11) is 0. The number of carbonyl (C=O) groups is 1. The van der Waals surface area contributed by atoms with Crippen LogP contribution in [-0.4, -0.2) is 28.1 Å². The predicted molar refractivity (Wildman–Crippen MR) is 69.5 cm³/mol. The molecular weight excluding hydrogens is 234 g/mol. The van der Waals surface area contributed by atoms with E-state index in [1.165, 1.54) is 15.3 Å². The van der Waals surface area contributed by atoms with Crippen LogP contribution in [0.15, 0.2) is 6.07 Å². The van der Waals surface area contributed by atoms with Gasteiger partial charge in [0.25, 0.3) is 0 Å². The number of thiophene rings is 1. The summed E-state index contributed by atoms with van der Waals surface area (Å²) in [6, 6.07) is 2.18. The van der Waals surface area contributed by atoms with E-state index in [1.54, 1.807) is 11.3 Å². The lowest BCUT2D eigenvalue weighted by Crippen LogP contribution is -2.47. The predicted octanol–water partition coefficient (Wildman–Crippen LogP) is 2.80. The summed E-state index contributed by atoms with van der Waals surface area (Å²) < 4.78 is 0. The maximum atomic E-state index is 11.4. The normalized spacial score (nSPS) is 25.4. The smallest absolute Gasteiger partial charge is 0.323 e. The van der Waals surface area contributed by atoms with Gasteiger partial charge in [-0.05, 0) is 51.8 Å². The molecule has 0 aromatic carbocycles. The second-order valence-corrected chi connectivity index (χ2v) is 6.50. The van der Waals surface area contributed by atoms with Gasteiger partial charge < -0.3 is 5.11 Å². The topological polar surface area (TPSA) is 40.5 Å². The van der Waals surface area contributed by atoms with E-state index in [-0.39, 0.29) is 0 Å². The second-order valence-electron chi connectivity index (χ2n) is 5.04. The molecular formula is C13H19NO2S. The molecule has 94 valence electrons. The van der Waals surface area contributed by atoms with Crippen LogP contribution in [0.5, 0.6) is 0 Å². The summed E-state index contributed by atoms with van der Waals surface area (Å²) in [5.74, 6) is -0.695. The molecule has 1 unspecified atom stereocenters. The van der Waals surface area contributed by atoms with Crippen molar-refractivity contribution in [3.05, 3.63) is 21.4 Å². The van der Waals surface area contributed by atoms with Gasteiger partial charge in [0.1, 0.15) is 5.54 Å². The highest BCUT2D eigenvalue weighted by Gasteiger charge is 2.43. The Labute approximate surface area is 106 Å². The molecule has 4 heteroatoms. The molecule has 1 aliphatic heterocycles. The third-order valence-electron chi connectivity index (χ3n) is 3.76. The Kier molecular flexibility index (Phi) is 3.27. The van der Waals surface area contributed by atoms with Crippen molar-refractivity contribution < 1.29 is 9.90 Å². The highest BCUT2D eigenvalue weighted by molar-refractivity contribution is 7.12. The Hall–Kier alpha value is -0.870. The van der Waals surface area contributed by atoms with Gasteiger partial charge in [-0.3, -0.25) is 9.69 Å². The van der Waals surface area contributed by atoms with Gasteiger partial charge in [0, 0.05) is 16.3 Å². The minimum atomic E-state index is -0.695. The molecule has 1 aromatic rings. The van der Waals surface area contributed by atoms with Gasteiger partial charge in [0.15, 0.2) is 0 Å². The molecule has 2 rings (SSSR count). The highest BCUT2D eigenvalue weighted by Crippen LogP contribution is 2.32. The maximum absolute atomic E-state index is 11.4. The largest absolute Gasteiger partial charge is 0.480 e. The number of aryl methyl sites for hydroxylation is 2. The quantitative estimate of drug-likeness (QED) is 0.900. The number of nitrogens with zero attached hydrogens (tertiary/aromatic N) is 1. The van der Waals surface area contributed by atoms with E-state index in [2.05, 4.69) is 24.8 Å². The lowest BCUT2D eigenvalue weighted by Gasteiger charge is -2.31. The van der Waals surface area contributed by atoms with Gasteiger partial charge in [-0.2, -0.15) is 0 Å². The zero-order valence-electron chi connectivity index (χ0n) is 10.6. The van der Waals surface area contributed by atoms with E-state index >= 15 is 0 Å². The van der Waals surface area contributed by atoms with Crippen LogP contribution in [-0.2, 0) is 11.3 Å². The van der Waals surface area contributed by atoms with Crippen LogP contribution in [0.25, 0.3) is 0 Å². The van der Waals surface area contributed by atoms with Crippen LogP contribution >= 0.6 is 11.3 Å². The van der Waals surface area contributed by atoms with Crippen molar-refractivity contribution in [3.8, 4) is 0 Å². The van der Waals surface area contributed by atoms with Gasteiger partial charge in [0.05, 0.1) is 0 Å². The molecule has 1 fully saturated rings. The first-order valence-electron chi connectivity index (χ1n) is 5.98. The number of hydrogen-bond donors (Lipinski definition) is 1. The van der Waals surface area contributed by atoms with Crippen LogP contribution in [0.4, 0.5) is 0 Å². The fourth-order valence-corrected chi connectivity index (χ4v) is 3.50. The summed E-state index contributed by atoms with van der Waals surface area (Å²) in [6.45, 7) is 7.70. The third-order valence-corrected chi connectivity index (χ3v) is 4.76. The SMILES string of the molecule is Cc1cc(CN2CCCC2(C)C(=O)O)c(C)s1. The molecule has 1 saturated heterocycles. The lowest BCUT2D eigenvalue weighted by molar-refractivity contribution is -0.148. The number of hydrogen-bond acceptors (Lipinski definition) is 3. The van der Waals surface area contributed by atoms with Crippen LogP contribution in [0, 0.1) is 13.8 Å². The molecule has 0 bridgehead atoms. The van der Waals surface area contributed by atoms with Gasteiger partial charge in [0.2, 0.25) is 0 Å². The van der Waals surface area contributed by atoms with Crippen LogP contribution in [0.3, 0.4) is 0 Å². The fourth-order valence-electron chi connectivity index (χ4n) is 2.56. The molecule has 1 N–H and O–H groups in total. The number of carboxylic acid groups (broad SMARTS) is 1. The number of carboxylic acids is 1. The van der Waals surface area contributed by atoms with Crippen molar-refractivity contribution in [1.82, 2.24) is 4.90 Å². The number of likely N-dealkylation sites (tertiary alicyclic amines) is 1. The first-order valence-corrected chi connectivity index (χ1v) is 6.79. The van der Waals surface area contributed by atoms with Crippen molar-refractivity contribution in [3.63, 3.8) is 0 Å². The molecule has 0 spiro atoms. The second kappa shape index (κ2) is 4.42. The Morgan fingerprint density at radius 3 is 2.82 bits per heavy atom.